The third-order valence-electron chi connectivity index (χ3n) is 8.35. The van der Waals surface area contributed by atoms with Crippen molar-refractivity contribution in [3.8, 4) is 0 Å². The summed E-state index contributed by atoms with van der Waals surface area (Å²) in [6.07, 6.45) is 1.95. The SMILES string of the molecule is CC(C)CC(NC(=O)CNC(=O)CN1CCOCC1)C(=O)NCC(=O)N[C@@H](CC(C)C)C(=O)C1(C)CO1.CCc1ccccc1.Cc1ccccc1. The van der Waals surface area contributed by atoms with Crippen molar-refractivity contribution >= 4 is 29.4 Å². The van der Waals surface area contributed by atoms with Crippen molar-refractivity contribution in [2.75, 3.05) is 52.5 Å². The number of nitrogens with zero attached hydrogens (tertiary/aromatic N) is 1. The van der Waals surface area contributed by atoms with Gasteiger partial charge in [0.1, 0.15) is 11.6 Å². The predicted molar refractivity (Wildman–Crippen MR) is 202 cm³/mol. The molecule has 0 bridgehead atoms. The number of rotatable bonds is 16. The Morgan fingerprint density at radius 3 is 1.71 bits per heavy atom. The van der Waals surface area contributed by atoms with E-state index in [1.165, 1.54) is 11.1 Å². The second kappa shape index (κ2) is 23.4. The van der Waals surface area contributed by atoms with E-state index in [2.05, 4.69) is 71.5 Å². The molecule has 0 aromatic heterocycles. The molecule has 0 spiro atoms. The molecule has 4 rings (SSSR count). The molecule has 2 aromatic rings. The fraction of sp³-hybridized carbons (Fsp3) is 0.575. The van der Waals surface area contributed by atoms with Crippen LogP contribution in [0.15, 0.2) is 60.7 Å². The summed E-state index contributed by atoms with van der Waals surface area (Å²) in [5, 5.41) is 10.5. The maximum Gasteiger partial charge on any atom is 0.243 e. The summed E-state index contributed by atoms with van der Waals surface area (Å²) >= 11 is 0. The first kappa shape index (κ1) is 44.0. The summed E-state index contributed by atoms with van der Waals surface area (Å²) in [6, 6.07) is 19.1. The predicted octanol–water partition coefficient (Wildman–Crippen LogP) is 3.21. The van der Waals surface area contributed by atoms with Crippen LogP contribution in [0.3, 0.4) is 0 Å². The molecule has 0 saturated carbocycles. The van der Waals surface area contributed by atoms with Gasteiger partial charge in [-0.05, 0) is 50.5 Å². The molecule has 12 nitrogen and oxygen atoms in total. The number of hydrogen-bond donors (Lipinski definition) is 4. The fourth-order valence-corrected chi connectivity index (χ4v) is 5.25. The number of benzene rings is 2. The Labute approximate surface area is 310 Å². The molecule has 2 unspecified atom stereocenters. The maximum atomic E-state index is 12.8. The van der Waals surface area contributed by atoms with Gasteiger partial charge in [0, 0.05) is 13.1 Å². The van der Waals surface area contributed by atoms with Crippen LogP contribution in [0, 0.1) is 18.8 Å². The van der Waals surface area contributed by atoms with E-state index < -0.39 is 35.4 Å². The maximum absolute atomic E-state index is 12.8. The monoisotopic (exact) mass is 723 g/mol. The van der Waals surface area contributed by atoms with Crippen molar-refractivity contribution in [3.05, 3.63) is 71.8 Å². The summed E-state index contributed by atoms with van der Waals surface area (Å²) in [6.45, 7) is 16.0. The number of epoxide rings is 1. The summed E-state index contributed by atoms with van der Waals surface area (Å²) in [5.41, 5.74) is 1.87. The highest BCUT2D eigenvalue weighted by atomic mass is 16.6. The molecule has 3 atom stereocenters. The summed E-state index contributed by atoms with van der Waals surface area (Å²) < 4.78 is 10.5. The molecule has 52 heavy (non-hydrogen) atoms. The average Bonchev–Trinajstić information content (AvgIpc) is 3.88. The van der Waals surface area contributed by atoms with Gasteiger partial charge in [-0.15, -0.1) is 0 Å². The zero-order chi connectivity index (χ0) is 38.5. The third-order valence-corrected chi connectivity index (χ3v) is 8.35. The van der Waals surface area contributed by atoms with E-state index in [0.717, 1.165) is 6.42 Å². The minimum absolute atomic E-state index is 0.0908. The van der Waals surface area contributed by atoms with Crippen molar-refractivity contribution in [2.24, 2.45) is 11.8 Å². The van der Waals surface area contributed by atoms with Gasteiger partial charge in [-0.25, -0.2) is 0 Å². The molecule has 288 valence electrons. The van der Waals surface area contributed by atoms with Crippen LogP contribution >= 0.6 is 0 Å². The molecule has 4 N–H and O–H groups in total. The zero-order valence-electron chi connectivity index (χ0n) is 32.2. The molecule has 2 saturated heterocycles. The van der Waals surface area contributed by atoms with Gasteiger partial charge in [0.05, 0.1) is 45.5 Å². The molecule has 2 heterocycles. The summed E-state index contributed by atoms with van der Waals surface area (Å²) in [7, 11) is 0. The zero-order valence-corrected chi connectivity index (χ0v) is 32.2. The van der Waals surface area contributed by atoms with Crippen molar-refractivity contribution in [1.82, 2.24) is 26.2 Å². The van der Waals surface area contributed by atoms with Crippen LogP contribution in [0.4, 0.5) is 0 Å². The highest BCUT2D eigenvalue weighted by molar-refractivity contribution is 5.97. The van der Waals surface area contributed by atoms with E-state index in [4.69, 9.17) is 9.47 Å². The van der Waals surface area contributed by atoms with Gasteiger partial charge in [0.2, 0.25) is 23.6 Å². The Balaban J connectivity index is 0.000000507. The quantitative estimate of drug-likeness (QED) is 0.192. The number of hydrogen-bond acceptors (Lipinski definition) is 8. The molecular formula is C40H61N5O7. The first-order chi connectivity index (χ1) is 24.7. The lowest BCUT2D eigenvalue weighted by molar-refractivity contribution is -0.132. The average molecular weight is 724 g/mol. The summed E-state index contributed by atoms with van der Waals surface area (Å²) in [4.78, 5) is 64.5. The van der Waals surface area contributed by atoms with E-state index in [9.17, 15) is 24.0 Å². The van der Waals surface area contributed by atoms with Crippen molar-refractivity contribution in [2.45, 2.75) is 85.4 Å². The van der Waals surface area contributed by atoms with Crippen molar-refractivity contribution in [3.63, 3.8) is 0 Å². The van der Waals surface area contributed by atoms with E-state index in [1.807, 2.05) is 56.9 Å². The number of nitrogens with one attached hydrogen (secondary N) is 4. The van der Waals surface area contributed by atoms with Crippen LogP contribution in [-0.4, -0.2) is 105 Å². The Bertz CT molecular complexity index is 1380. The Morgan fingerprint density at radius 1 is 0.750 bits per heavy atom. The highest BCUT2D eigenvalue weighted by Crippen LogP contribution is 2.29. The van der Waals surface area contributed by atoms with E-state index >= 15 is 0 Å². The van der Waals surface area contributed by atoms with E-state index in [1.54, 1.807) is 6.92 Å². The van der Waals surface area contributed by atoms with Gasteiger partial charge in [-0.2, -0.15) is 0 Å². The number of ketones is 1. The minimum atomic E-state index is -0.872. The van der Waals surface area contributed by atoms with Crippen LogP contribution < -0.4 is 21.3 Å². The minimum Gasteiger partial charge on any atom is -0.379 e. The molecular weight excluding hydrogens is 662 g/mol. The lowest BCUT2D eigenvalue weighted by Gasteiger charge is -2.25. The van der Waals surface area contributed by atoms with Gasteiger partial charge in [-0.1, -0.05) is 101 Å². The van der Waals surface area contributed by atoms with Gasteiger partial charge in [-0.3, -0.25) is 28.9 Å². The molecule has 2 aromatic carbocycles. The van der Waals surface area contributed by atoms with Crippen molar-refractivity contribution < 1.29 is 33.4 Å². The number of morpholine rings is 1. The van der Waals surface area contributed by atoms with Crippen LogP contribution in [0.2, 0.25) is 0 Å². The Morgan fingerprint density at radius 2 is 1.25 bits per heavy atom. The Kier molecular flexibility index (Phi) is 19.8. The van der Waals surface area contributed by atoms with E-state index in [-0.39, 0.29) is 43.2 Å². The topological polar surface area (TPSA) is 158 Å². The van der Waals surface area contributed by atoms with Gasteiger partial charge in [0.25, 0.3) is 0 Å². The standard InChI is InChI=1S/C25H43N5O7.C8H10.C7H8/c1-16(2)10-18(23(34)25(5)15-37-25)28-21(32)13-27-24(35)19(11-17(3)4)29-20(31)12-26-22(33)14-30-6-8-36-9-7-30;1-2-8-6-4-3-5-7-8;1-7-5-3-2-4-6-7/h16-19H,6-15H2,1-5H3,(H,26,33)(H,27,35)(H,28,32)(H,29,31);3-7H,2H2,1H3;2-6H,1H3/t18-,19?,25?;;/m0../s1. The first-order valence-electron chi connectivity index (χ1n) is 18.4. The number of carbonyl (C=O) groups excluding carboxylic acids is 5. The fourth-order valence-electron chi connectivity index (χ4n) is 5.25. The molecule has 2 aliphatic heterocycles. The molecule has 0 aliphatic carbocycles. The largest absolute Gasteiger partial charge is 0.379 e. The second-order valence-electron chi connectivity index (χ2n) is 14.3. The smallest absolute Gasteiger partial charge is 0.243 e. The number of amides is 4. The van der Waals surface area contributed by atoms with Gasteiger partial charge < -0.3 is 30.7 Å². The van der Waals surface area contributed by atoms with Crippen LogP contribution in [0.5, 0.6) is 0 Å². The number of carbonyl (C=O) groups is 5. The molecule has 12 heteroatoms. The number of aryl methyl sites for hydroxylation is 2. The Hall–Kier alpha value is -4.13. The second-order valence-corrected chi connectivity index (χ2v) is 14.3. The molecule has 2 fully saturated rings. The molecule has 2 aliphatic rings. The van der Waals surface area contributed by atoms with Gasteiger partial charge >= 0.3 is 0 Å². The number of ether oxygens (including phenoxy) is 2. The molecule has 0 radical (unpaired) electrons. The molecule has 4 amide bonds. The van der Waals surface area contributed by atoms with Crippen molar-refractivity contribution in [1.29, 1.82) is 0 Å². The highest BCUT2D eigenvalue weighted by Gasteiger charge is 2.50. The lowest BCUT2D eigenvalue weighted by atomic mass is 9.93. The third kappa shape index (κ3) is 18.4. The number of Topliss-reactive ketones (excluding diaryl/α,β-unsaturated/α-hetero) is 1. The normalized spacial score (nSPS) is 17.6. The van der Waals surface area contributed by atoms with E-state index in [0.29, 0.717) is 45.8 Å². The van der Waals surface area contributed by atoms with Crippen LogP contribution in [0.1, 0.15) is 65.5 Å². The summed E-state index contributed by atoms with van der Waals surface area (Å²) in [5.74, 6) is -1.71. The lowest BCUT2D eigenvalue weighted by Crippen LogP contribution is -2.53. The first-order valence-corrected chi connectivity index (χ1v) is 18.4. The van der Waals surface area contributed by atoms with Gasteiger partial charge in [0.15, 0.2) is 5.78 Å². The van der Waals surface area contributed by atoms with Crippen LogP contribution in [0.25, 0.3) is 0 Å². The van der Waals surface area contributed by atoms with Crippen LogP contribution in [-0.2, 0) is 39.9 Å².